The van der Waals surface area contributed by atoms with Gasteiger partial charge < -0.3 is 5.73 Å². The molecule has 1 aliphatic heterocycles. The third-order valence-electron chi connectivity index (χ3n) is 4.19. The van der Waals surface area contributed by atoms with Crippen LogP contribution in [0.5, 0.6) is 0 Å². The lowest BCUT2D eigenvalue weighted by Crippen LogP contribution is -2.39. The Bertz CT molecular complexity index is 462. The zero-order chi connectivity index (χ0) is 12.5. The monoisotopic (exact) mass is 242 g/mol. The minimum atomic E-state index is 0.314. The van der Waals surface area contributed by atoms with Crippen LogP contribution in [0.15, 0.2) is 24.3 Å². The fraction of sp³-hybridized carbons (Fsp3) is 0.500. The van der Waals surface area contributed by atoms with E-state index in [0.717, 1.165) is 19.3 Å². The number of rotatable bonds is 1. The molecule has 0 radical (unpaired) electrons. The maximum absolute atomic E-state index is 8.82. The van der Waals surface area contributed by atoms with Gasteiger partial charge in [-0.1, -0.05) is 12.1 Å². The summed E-state index contributed by atoms with van der Waals surface area (Å²) < 4.78 is 0. The van der Waals surface area contributed by atoms with Crippen molar-refractivity contribution in [2.75, 3.05) is 0 Å². The largest absolute Gasteiger partial charge is 0.328 e. The molecular formula is C14H18N4. The van der Waals surface area contributed by atoms with Gasteiger partial charge in [-0.2, -0.15) is 5.26 Å². The standard InChI is InChI=1S/C14H18N4/c15-8-9-1-3-10(4-2-9)14-12-7-11(16)5-6-13(12)17-18-14/h1-4,11-14,17-18H,5-7,16H2. The minimum Gasteiger partial charge on any atom is -0.328 e. The van der Waals surface area contributed by atoms with E-state index in [0.29, 0.717) is 29.6 Å². The average molecular weight is 242 g/mol. The normalized spacial score (nSPS) is 34.9. The molecule has 0 aromatic heterocycles. The van der Waals surface area contributed by atoms with Gasteiger partial charge in [0.25, 0.3) is 0 Å². The Hall–Kier alpha value is -1.41. The Labute approximate surface area is 107 Å². The molecule has 0 bridgehead atoms. The Kier molecular flexibility index (Phi) is 3.04. The lowest BCUT2D eigenvalue weighted by atomic mass is 9.77. The molecule has 2 fully saturated rings. The third kappa shape index (κ3) is 2.01. The summed E-state index contributed by atoms with van der Waals surface area (Å²) in [6, 6.07) is 11.2. The summed E-state index contributed by atoms with van der Waals surface area (Å²) in [6.07, 6.45) is 3.32. The molecule has 1 aromatic rings. The molecule has 1 aromatic carbocycles. The van der Waals surface area contributed by atoms with Crippen LogP contribution in [-0.2, 0) is 0 Å². The molecule has 4 heteroatoms. The highest BCUT2D eigenvalue weighted by molar-refractivity contribution is 5.33. The lowest BCUT2D eigenvalue weighted by molar-refractivity contribution is 0.279. The molecule has 4 atom stereocenters. The number of nitriles is 1. The van der Waals surface area contributed by atoms with Crippen LogP contribution >= 0.6 is 0 Å². The molecule has 1 saturated heterocycles. The fourth-order valence-corrected chi connectivity index (χ4v) is 3.19. The van der Waals surface area contributed by atoms with E-state index < -0.39 is 0 Å². The molecule has 4 N–H and O–H groups in total. The summed E-state index contributed by atoms with van der Waals surface area (Å²) >= 11 is 0. The summed E-state index contributed by atoms with van der Waals surface area (Å²) in [5.74, 6) is 0.557. The van der Waals surface area contributed by atoms with E-state index >= 15 is 0 Å². The first-order valence-corrected chi connectivity index (χ1v) is 6.54. The van der Waals surface area contributed by atoms with Crippen LogP contribution in [0.2, 0.25) is 0 Å². The molecule has 3 rings (SSSR count). The van der Waals surface area contributed by atoms with E-state index in [1.165, 1.54) is 5.56 Å². The molecule has 1 aliphatic carbocycles. The topological polar surface area (TPSA) is 73.9 Å². The van der Waals surface area contributed by atoms with Crippen molar-refractivity contribution in [3.8, 4) is 6.07 Å². The number of hydrazine groups is 1. The zero-order valence-electron chi connectivity index (χ0n) is 10.3. The van der Waals surface area contributed by atoms with Gasteiger partial charge in [0, 0.05) is 12.1 Å². The van der Waals surface area contributed by atoms with Crippen molar-refractivity contribution in [1.29, 1.82) is 5.26 Å². The molecule has 94 valence electrons. The van der Waals surface area contributed by atoms with Crippen LogP contribution in [0.25, 0.3) is 0 Å². The maximum Gasteiger partial charge on any atom is 0.0991 e. The maximum atomic E-state index is 8.82. The molecule has 1 heterocycles. The van der Waals surface area contributed by atoms with E-state index in [-0.39, 0.29) is 0 Å². The number of hydrogen-bond donors (Lipinski definition) is 3. The SMILES string of the molecule is N#Cc1ccc(C2NNC3CCC(N)CC32)cc1. The lowest BCUT2D eigenvalue weighted by Gasteiger charge is -2.31. The van der Waals surface area contributed by atoms with Crippen LogP contribution in [0.3, 0.4) is 0 Å². The van der Waals surface area contributed by atoms with Gasteiger partial charge in [0.2, 0.25) is 0 Å². The highest BCUT2D eigenvalue weighted by Crippen LogP contribution is 2.37. The number of fused-ring (bicyclic) bond motifs is 1. The Morgan fingerprint density at radius 3 is 2.67 bits per heavy atom. The second-order valence-electron chi connectivity index (χ2n) is 5.34. The first-order valence-electron chi connectivity index (χ1n) is 6.54. The van der Waals surface area contributed by atoms with Crippen molar-refractivity contribution in [3.05, 3.63) is 35.4 Å². The van der Waals surface area contributed by atoms with Gasteiger partial charge in [0.1, 0.15) is 0 Å². The number of nitrogens with zero attached hydrogens (tertiary/aromatic N) is 1. The van der Waals surface area contributed by atoms with Gasteiger partial charge in [0.15, 0.2) is 0 Å². The molecule has 2 aliphatic rings. The quantitative estimate of drug-likeness (QED) is 0.692. The van der Waals surface area contributed by atoms with Gasteiger partial charge in [0.05, 0.1) is 17.7 Å². The number of hydrogen-bond acceptors (Lipinski definition) is 4. The second-order valence-corrected chi connectivity index (χ2v) is 5.34. The van der Waals surface area contributed by atoms with Crippen LogP contribution in [0.1, 0.15) is 36.4 Å². The summed E-state index contributed by atoms with van der Waals surface area (Å²) in [5, 5.41) is 8.82. The van der Waals surface area contributed by atoms with Gasteiger partial charge in [-0.3, -0.25) is 5.43 Å². The van der Waals surface area contributed by atoms with Crippen LogP contribution in [-0.4, -0.2) is 12.1 Å². The minimum absolute atomic E-state index is 0.314. The highest BCUT2D eigenvalue weighted by atomic mass is 15.4. The van der Waals surface area contributed by atoms with Crippen molar-refractivity contribution < 1.29 is 0 Å². The van der Waals surface area contributed by atoms with Crippen molar-refractivity contribution in [2.24, 2.45) is 11.7 Å². The zero-order valence-corrected chi connectivity index (χ0v) is 10.3. The Balaban J connectivity index is 1.81. The summed E-state index contributed by atoms with van der Waals surface area (Å²) in [4.78, 5) is 0. The second kappa shape index (κ2) is 4.69. The van der Waals surface area contributed by atoms with E-state index in [1.807, 2.05) is 24.3 Å². The molecule has 4 nitrogen and oxygen atoms in total. The van der Waals surface area contributed by atoms with Crippen molar-refractivity contribution in [2.45, 2.75) is 37.4 Å². The van der Waals surface area contributed by atoms with Crippen molar-refractivity contribution in [3.63, 3.8) is 0 Å². The first kappa shape index (κ1) is 11.7. The summed E-state index contributed by atoms with van der Waals surface area (Å²) in [6.45, 7) is 0. The van der Waals surface area contributed by atoms with Gasteiger partial charge >= 0.3 is 0 Å². The van der Waals surface area contributed by atoms with Gasteiger partial charge in [-0.15, -0.1) is 0 Å². The van der Waals surface area contributed by atoms with Gasteiger partial charge in [-0.25, -0.2) is 5.43 Å². The molecule has 1 saturated carbocycles. The first-order chi connectivity index (χ1) is 8.78. The number of benzene rings is 1. The Morgan fingerprint density at radius 2 is 1.94 bits per heavy atom. The number of nitrogens with two attached hydrogens (primary N) is 1. The fourth-order valence-electron chi connectivity index (χ4n) is 3.19. The van der Waals surface area contributed by atoms with Gasteiger partial charge in [-0.05, 0) is 42.9 Å². The number of nitrogens with one attached hydrogen (secondary N) is 2. The van der Waals surface area contributed by atoms with Crippen molar-refractivity contribution in [1.82, 2.24) is 10.9 Å². The van der Waals surface area contributed by atoms with Crippen molar-refractivity contribution >= 4 is 0 Å². The predicted molar refractivity (Wildman–Crippen MR) is 69.3 cm³/mol. The van der Waals surface area contributed by atoms with Crippen LogP contribution in [0.4, 0.5) is 0 Å². The highest BCUT2D eigenvalue weighted by Gasteiger charge is 2.39. The molecule has 18 heavy (non-hydrogen) atoms. The Morgan fingerprint density at radius 1 is 1.17 bits per heavy atom. The predicted octanol–water partition coefficient (Wildman–Crippen LogP) is 1.20. The smallest absolute Gasteiger partial charge is 0.0991 e. The third-order valence-corrected chi connectivity index (χ3v) is 4.19. The van der Waals surface area contributed by atoms with E-state index in [2.05, 4.69) is 16.9 Å². The average Bonchev–Trinajstić information content (AvgIpc) is 2.82. The molecule has 4 unspecified atom stereocenters. The van der Waals surface area contributed by atoms with Crippen LogP contribution < -0.4 is 16.6 Å². The van der Waals surface area contributed by atoms with Crippen LogP contribution in [0, 0.1) is 17.2 Å². The molecular weight excluding hydrogens is 224 g/mol. The van der Waals surface area contributed by atoms with E-state index in [9.17, 15) is 0 Å². The van der Waals surface area contributed by atoms with E-state index in [4.69, 9.17) is 11.0 Å². The summed E-state index contributed by atoms with van der Waals surface area (Å²) in [5.41, 5.74) is 14.8. The molecule has 0 spiro atoms. The summed E-state index contributed by atoms with van der Waals surface area (Å²) in [7, 11) is 0. The van der Waals surface area contributed by atoms with E-state index in [1.54, 1.807) is 0 Å². The molecule has 0 amide bonds.